The third-order valence-corrected chi connectivity index (χ3v) is 16.4. The summed E-state index contributed by atoms with van der Waals surface area (Å²) in [6, 6.07) is 82.3. The molecule has 0 saturated carbocycles. The number of benzene rings is 10. The fourth-order valence-corrected chi connectivity index (χ4v) is 12.6. The predicted octanol–water partition coefficient (Wildman–Crippen LogP) is 15.1. The van der Waals surface area contributed by atoms with Crippen molar-refractivity contribution < 1.29 is 51.9 Å². The molecule has 0 spiro atoms. The maximum atomic E-state index is 11.4. The van der Waals surface area contributed by atoms with Crippen molar-refractivity contribution in [2.45, 2.75) is 28.8 Å². The van der Waals surface area contributed by atoms with Crippen LogP contribution in [0.3, 0.4) is 0 Å². The minimum atomic E-state index is -6.85. The average Bonchev–Trinajstić information content (AvgIpc) is 4.00. The number of alkyl halides is 6. The average molecular weight is 1050 g/mol. The van der Waals surface area contributed by atoms with E-state index in [2.05, 4.69) is 225 Å². The summed E-state index contributed by atoms with van der Waals surface area (Å²) < 4.78 is 110. The molecule has 6 nitrogen and oxygen atoms in total. The van der Waals surface area contributed by atoms with Crippen LogP contribution in [0.25, 0.3) is 43.8 Å². The van der Waals surface area contributed by atoms with Crippen LogP contribution < -0.4 is 0 Å². The molecule has 0 heterocycles. The van der Waals surface area contributed by atoms with Crippen LogP contribution in [0, 0.1) is 6.92 Å². The Morgan fingerprint density at radius 1 is 0.400 bits per heavy atom. The zero-order valence-electron chi connectivity index (χ0n) is 39.5. The first-order valence-electron chi connectivity index (χ1n) is 23.4. The van der Waals surface area contributed by atoms with Crippen LogP contribution in [0.2, 0.25) is 0 Å². The fraction of sp³-hybridized carbons (Fsp3) is 0.0820. The number of phenols is 1. The van der Waals surface area contributed by atoms with Crippen LogP contribution in [0.15, 0.2) is 231 Å². The van der Waals surface area contributed by atoms with Gasteiger partial charge in [0, 0.05) is 5.56 Å². The maximum Gasteiger partial charge on any atom is 0.524 e. The third kappa shape index (κ3) is 8.33. The zero-order chi connectivity index (χ0) is 53.0. The number of rotatable bonds is 6. The molecule has 10 aromatic rings. The van der Waals surface area contributed by atoms with Crippen molar-refractivity contribution in [3.8, 4) is 28.0 Å². The second-order valence-corrected chi connectivity index (χ2v) is 21.2. The monoisotopic (exact) mass is 1050 g/mol. The van der Waals surface area contributed by atoms with Gasteiger partial charge in [0.15, 0.2) is 0 Å². The molecule has 75 heavy (non-hydrogen) atoms. The first-order chi connectivity index (χ1) is 35.8. The number of halogens is 6. The highest BCUT2D eigenvalue weighted by Gasteiger charge is 2.57. The Hall–Kier alpha value is -8.04. The summed E-state index contributed by atoms with van der Waals surface area (Å²) in [6.45, 7) is 2.26. The Morgan fingerprint density at radius 3 is 1.09 bits per heavy atom. The molecule has 0 saturated heterocycles. The molecule has 0 bridgehead atoms. The summed E-state index contributed by atoms with van der Waals surface area (Å²) in [4.78, 5) is 0. The van der Waals surface area contributed by atoms with Crippen molar-refractivity contribution in [3.63, 3.8) is 0 Å². The van der Waals surface area contributed by atoms with Crippen molar-refractivity contribution in [3.05, 3.63) is 281 Å². The quantitative estimate of drug-likeness (QED) is 0.132. The number of aryl methyl sites for hydroxylation is 1. The third-order valence-electron chi connectivity index (χ3n) is 13.8. The highest BCUT2D eigenvalue weighted by molar-refractivity contribution is 8.00. The fourth-order valence-electron chi connectivity index (χ4n) is 11.0. The van der Waals surface area contributed by atoms with Crippen molar-refractivity contribution in [1.29, 1.82) is 0 Å². The molecule has 0 atom stereocenters. The highest BCUT2D eigenvalue weighted by Crippen LogP contribution is 2.61. The first kappa shape index (κ1) is 50.5. The molecule has 0 amide bonds. The molecule has 10 aromatic carbocycles. The van der Waals surface area contributed by atoms with Crippen LogP contribution in [0.1, 0.15) is 50.1 Å². The topological polar surface area (TPSA) is 97.7 Å². The number of phenolic OH excluding ortho intramolecular Hbond substituents is 1. The molecule has 1 N–H and O–H groups in total. The molecule has 376 valence electrons. The normalized spacial score (nSPS) is 14.1. The minimum Gasteiger partial charge on any atom is -0.507 e. The summed E-state index contributed by atoms with van der Waals surface area (Å²) >= 11 is 0. The van der Waals surface area contributed by atoms with E-state index in [1.165, 1.54) is 71.8 Å². The molecule has 0 unspecified atom stereocenters. The van der Waals surface area contributed by atoms with E-state index in [1.807, 2.05) is 15.8 Å². The number of fused-ring (bicyclic) bond motifs is 10. The molecule has 14 heteroatoms. The lowest BCUT2D eigenvalue weighted by atomic mass is 9.66. The largest absolute Gasteiger partial charge is 0.524 e. The van der Waals surface area contributed by atoms with Gasteiger partial charge in [-0.25, -0.2) is 0 Å². The smallest absolute Gasteiger partial charge is 0.507 e. The summed E-state index contributed by atoms with van der Waals surface area (Å²) in [5, 5.41) is 16.1. The van der Waals surface area contributed by atoms with Crippen molar-refractivity contribution >= 4 is 41.8 Å². The van der Waals surface area contributed by atoms with E-state index in [1.54, 1.807) is 0 Å². The van der Waals surface area contributed by atoms with Crippen molar-refractivity contribution in [2.75, 3.05) is 0 Å². The molecular weight excluding hydrogens is 1010 g/mol. The van der Waals surface area contributed by atoms with E-state index < -0.39 is 36.7 Å². The molecule has 0 radical (unpaired) electrons. The van der Waals surface area contributed by atoms with E-state index in [4.69, 9.17) is 0 Å². The van der Waals surface area contributed by atoms with Gasteiger partial charge in [0.25, 0.3) is 0 Å². The molecule has 12 rings (SSSR count). The molecule has 2 aliphatic rings. The van der Waals surface area contributed by atoms with Crippen molar-refractivity contribution in [1.82, 2.24) is 0 Å². The molecule has 0 aliphatic heterocycles. The van der Waals surface area contributed by atoms with E-state index in [0.29, 0.717) is 5.75 Å². The second kappa shape index (κ2) is 19.0. The van der Waals surface area contributed by atoms with E-state index in [9.17, 15) is 48.3 Å². The van der Waals surface area contributed by atoms with Crippen LogP contribution in [0.4, 0.5) is 26.3 Å². The summed E-state index contributed by atoms with van der Waals surface area (Å²) in [5.41, 5.74) is 2.98. The number of hydrogen-bond donors (Lipinski definition) is 1. The van der Waals surface area contributed by atoms with Crippen molar-refractivity contribution in [2.24, 2.45) is 0 Å². The second-order valence-electron chi connectivity index (χ2n) is 18.0. The Labute approximate surface area is 429 Å². The van der Waals surface area contributed by atoms with Gasteiger partial charge in [0.1, 0.15) is 5.75 Å². The molecule has 0 fully saturated rings. The minimum absolute atomic E-state index is 0.333. The van der Waals surface area contributed by atoms with Gasteiger partial charge < -0.3 is 5.11 Å². The molecule has 2 aliphatic carbocycles. The Balaban J connectivity index is 0.000000137. The van der Waals surface area contributed by atoms with Crippen LogP contribution >= 0.6 is 0 Å². The molecular formula is C61H42F6O6S2. The number of hydrogen-bond acceptors (Lipinski definition) is 6. The Bertz CT molecular complexity index is 3660. The Morgan fingerprint density at radius 2 is 0.707 bits per heavy atom. The van der Waals surface area contributed by atoms with E-state index in [-0.39, 0.29) is 5.41 Å². The van der Waals surface area contributed by atoms with Crippen LogP contribution in [-0.4, -0.2) is 33.0 Å². The van der Waals surface area contributed by atoms with E-state index in [0.717, 1.165) is 22.1 Å². The lowest BCUT2D eigenvalue weighted by Crippen LogP contribution is -2.34. The van der Waals surface area contributed by atoms with Gasteiger partial charge >= 0.3 is 31.3 Å². The standard InChI is InChI=1S/C30H22.C29H20O.C2F6O5S2/c1-21-20-22-12-8-9-17-25(22)29-28(21)26-18-10-11-19-27(26)30(29,23-13-4-2-5-14-23)24-15-6-3-7-16-24;30-26-19-20-11-7-8-16-23(20)28-27(26)24-17-9-10-18-25(24)29(28,21-12-3-1-4-13-21)22-14-5-2-6-15-22;3-1(4,5)14(9,10)13-15(11,12)2(6,7)8/h2-20H,1H3;1-19,30H;. The highest BCUT2D eigenvalue weighted by atomic mass is 32.3. The lowest BCUT2D eigenvalue weighted by Gasteiger charge is -2.34. The predicted molar refractivity (Wildman–Crippen MR) is 280 cm³/mol. The summed E-state index contributed by atoms with van der Waals surface area (Å²) in [6.07, 6.45) is 0. The van der Waals surface area contributed by atoms with Gasteiger partial charge in [-0.05, 0) is 101 Å². The zero-order valence-corrected chi connectivity index (χ0v) is 41.1. The summed E-state index contributed by atoms with van der Waals surface area (Å²) in [7, 11) is -13.7. The first-order valence-corrected chi connectivity index (χ1v) is 26.2. The van der Waals surface area contributed by atoms with Gasteiger partial charge in [-0.1, -0.05) is 224 Å². The van der Waals surface area contributed by atoms with Gasteiger partial charge in [-0.3, -0.25) is 0 Å². The van der Waals surface area contributed by atoms with Gasteiger partial charge in [-0.2, -0.15) is 43.2 Å². The molecule has 0 aromatic heterocycles. The van der Waals surface area contributed by atoms with Gasteiger partial charge in [0.2, 0.25) is 0 Å². The maximum absolute atomic E-state index is 11.4. The lowest BCUT2D eigenvalue weighted by molar-refractivity contribution is -0.0585. The Kier molecular flexibility index (Phi) is 12.8. The van der Waals surface area contributed by atoms with E-state index >= 15 is 0 Å². The SMILES string of the molecule is Cc1cc2ccccc2c2c1-c1ccccc1C2(c1ccccc1)c1ccccc1.O=S(=O)(OS(=O)(=O)C(F)(F)F)C(F)(F)F.Oc1cc2ccccc2c2c1-c1ccccc1C2(c1ccccc1)c1ccccc1. The van der Waals surface area contributed by atoms with Crippen LogP contribution in [-0.2, 0) is 34.7 Å². The summed E-state index contributed by atoms with van der Waals surface area (Å²) in [5.74, 6) is 0.338. The number of aromatic hydroxyl groups is 1. The van der Waals surface area contributed by atoms with Gasteiger partial charge in [-0.15, -0.1) is 3.63 Å². The van der Waals surface area contributed by atoms with Gasteiger partial charge in [0.05, 0.1) is 10.8 Å². The van der Waals surface area contributed by atoms with Crippen LogP contribution in [0.5, 0.6) is 5.75 Å².